The van der Waals surface area contributed by atoms with Gasteiger partial charge in [-0.3, -0.25) is 9.52 Å². The van der Waals surface area contributed by atoms with Gasteiger partial charge in [0.1, 0.15) is 0 Å². The minimum absolute atomic E-state index is 0.0761. The van der Waals surface area contributed by atoms with E-state index in [1.165, 1.54) is 6.07 Å². The summed E-state index contributed by atoms with van der Waals surface area (Å²) >= 11 is 5.85. The molecule has 2 heterocycles. The second-order valence-corrected chi connectivity index (χ2v) is 9.10. The molecule has 3 aromatic rings. The Morgan fingerprint density at radius 1 is 1.13 bits per heavy atom. The third-order valence-electron chi connectivity index (χ3n) is 4.83. The van der Waals surface area contributed by atoms with Gasteiger partial charge in [0.2, 0.25) is 5.82 Å². The summed E-state index contributed by atoms with van der Waals surface area (Å²) in [4.78, 5) is 18.3. The van der Waals surface area contributed by atoms with Crippen molar-refractivity contribution in [3.8, 4) is 11.4 Å². The maximum absolute atomic E-state index is 12.9. The number of carbonyl (C=O) groups is 1. The van der Waals surface area contributed by atoms with Crippen molar-refractivity contribution in [2.24, 2.45) is 0 Å². The zero-order valence-electron chi connectivity index (χ0n) is 16.1. The largest absolute Gasteiger partial charge is 0.334 e. The van der Waals surface area contributed by atoms with Gasteiger partial charge < -0.3 is 9.42 Å². The second kappa shape index (κ2) is 8.08. The van der Waals surface area contributed by atoms with Crippen LogP contribution in [0.1, 0.15) is 29.1 Å². The van der Waals surface area contributed by atoms with E-state index in [0.717, 1.165) is 12.8 Å². The van der Waals surface area contributed by atoms with Crippen LogP contribution in [-0.2, 0) is 10.0 Å². The molecule has 10 heteroatoms. The van der Waals surface area contributed by atoms with Crippen molar-refractivity contribution in [3.63, 3.8) is 0 Å². The molecular formula is C20H19ClN4O4S. The third-order valence-corrected chi connectivity index (χ3v) is 6.61. The number of amides is 1. The normalized spacial score (nSPS) is 14.1. The van der Waals surface area contributed by atoms with Crippen LogP contribution in [0.25, 0.3) is 11.4 Å². The van der Waals surface area contributed by atoms with E-state index in [1.807, 2.05) is 0 Å². The Morgan fingerprint density at radius 2 is 1.83 bits per heavy atom. The van der Waals surface area contributed by atoms with Crippen LogP contribution in [0.4, 0.5) is 5.69 Å². The summed E-state index contributed by atoms with van der Waals surface area (Å²) in [6.07, 6.45) is 1.90. The number of aryl methyl sites for hydroxylation is 1. The summed E-state index contributed by atoms with van der Waals surface area (Å²) in [6.45, 7) is 3.03. The van der Waals surface area contributed by atoms with Crippen molar-refractivity contribution in [1.29, 1.82) is 0 Å². The van der Waals surface area contributed by atoms with E-state index in [1.54, 1.807) is 48.2 Å². The number of halogens is 1. The number of rotatable bonds is 5. The first-order chi connectivity index (χ1) is 14.3. The fourth-order valence-electron chi connectivity index (χ4n) is 3.24. The minimum atomic E-state index is -3.86. The lowest BCUT2D eigenvalue weighted by Crippen LogP contribution is -2.27. The van der Waals surface area contributed by atoms with E-state index in [0.29, 0.717) is 34.9 Å². The summed E-state index contributed by atoms with van der Waals surface area (Å²) in [6, 6.07) is 11.2. The second-order valence-electron chi connectivity index (χ2n) is 7.02. The molecule has 0 atom stereocenters. The molecule has 0 bridgehead atoms. The zero-order valence-corrected chi connectivity index (χ0v) is 17.7. The Balaban J connectivity index is 1.62. The molecule has 30 heavy (non-hydrogen) atoms. The van der Waals surface area contributed by atoms with Gasteiger partial charge in [-0.15, -0.1) is 0 Å². The first-order valence-corrected chi connectivity index (χ1v) is 11.2. The number of nitrogens with zero attached hydrogens (tertiary/aromatic N) is 3. The quantitative estimate of drug-likeness (QED) is 0.640. The number of anilines is 1. The van der Waals surface area contributed by atoms with Gasteiger partial charge in [-0.25, -0.2) is 8.42 Å². The topological polar surface area (TPSA) is 105 Å². The van der Waals surface area contributed by atoms with Gasteiger partial charge in [-0.05, 0) is 55.7 Å². The monoisotopic (exact) mass is 446 g/mol. The van der Waals surface area contributed by atoms with E-state index >= 15 is 0 Å². The van der Waals surface area contributed by atoms with Crippen LogP contribution < -0.4 is 4.72 Å². The molecule has 2 aromatic carbocycles. The molecule has 0 saturated carbocycles. The Bertz CT molecular complexity index is 1190. The molecule has 1 aliphatic rings. The summed E-state index contributed by atoms with van der Waals surface area (Å²) < 4.78 is 33.5. The lowest BCUT2D eigenvalue weighted by atomic mass is 10.1. The number of sulfonamides is 1. The summed E-state index contributed by atoms with van der Waals surface area (Å²) in [5.41, 5.74) is 1.38. The molecule has 1 aromatic heterocycles. The van der Waals surface area contributed by atoms with Gasteiger partial charge in [-0.1, -0.05) is 28.9 Å². The van der Waals surface area contributed by atoms with Crippen LogP contribution in [0.2, 0.25) is 5.02 Å². The molecule has 1 aliphatic heterocycles. The third kappa shape index (κ3) is 4.17. The fourth-order valence-corrected chi connectivity index (χ4v) is 4.70. The predicted octanol–water partition coefficient (Wildman–Crippen LogP) is 3.74. The molecule has 156 valence electrons. The highest BCUT2D eigenvalue weighted by molar-refractivity contribution is 7.92. The maximum Gasteiger partial charge on any atom is 0.316 e. The van der Waals surface area contributed by atoms with Crippen LogP contribution in [0.3, 0.4) is 0 Å². The standard InChI is InChI=1S/C20H19ClN4O4S/c1-13-4-5-14(18-22-19(29-23-18)20(26)25-10-2-3-11-25)12-17(13)30(27,28)24-16-8-6-15(21)7-9-16/h4-9,12,24H,2-3,10-11H2,1H3. The van der Waals surface area contributed by atoms with Crippen molar-refractivity contribution in [1.82, 2.24) is 15.0 Å². The van der Waals surface area contributed by atoms with E-state index < -0.39 is 10.0 Å². The van der Waals surface area contributed by atoms with Gasteiger partial charge in [0.25, 0.3) is 10.0 Å². The predicted molar refractivity (Wildman–Crippen MR) is 112 cm³/mol. The number of hydrogen-bond acceptors (Lipinski definition) is 6. The van der Waals surface area contributed by atoms with Gasteiger partial charge in [0.15, 0.2) is 0 Å². The molecule has 1 fully saturated rings. The minimum Gasteiger partial charge on any atom is -0.334 e. The molecule has 0 unspecified atom stereocenters. The molecule has 0 aliphatic carbocycles. The van der Waals surface area contributed by atoms with Gasteiger partial charge in [0.05, 0.1) is 4.90 Å². The Morgan fingerprint density at radius 3 is 2.53 bits per heavy atom. The molecular weight excluding hydrogens is 428 g/mol. The maximum atomic E-state index is 12.9. The molecule has 0 spiro atoms. The zero-order chi connectivity index (χ0) is 21.3. The number of benzene rings is 2. The van der Waals surface area contributed by atoms with Crippen molar-refractivity contribution in [2.75, 3.05) is 17.8 Å². The van der Waals surface area contributed by atoms with Gasteiger partial charge in [0, 0.05) is 29.4 Å². The number of aromatic nitrogens is 2. The number of hydrogen-bond donors (Lipinski definition) is 1. The van der Waals surface area contributed by atoms with Crippen molar-refractivity contribution < 1.29 is 17.7 Å². The van der Waals surface area contributed by atoms with Crippen molar-refractivity contribution in [3.05, 3.63) is 58.9 Å². The highest BCUT2D eigenvalue weighted by Crippen LogP contribution is 2.26. The van der Waals surface area contributed by atoms with Gasteiger partial charge in [-0.2, -0.15) is 4.98 Å². The first kappa shape index (κ1) is 20.4. The van der Waals surface area contributed by atoms with Crippen molar-refractivity contribution >= 4 is 33.2 Å². The van der Waals surface area contributed by atoms with E-state index in [2.05, 4.69) is 14.9 Å². The number of nitrogens with one attached hydrogen (secondary N) is 1. The Kier molecular flexibility index (Phi) is 5.48. The van der Waals surface area contributed by atoms with Crippen LogP contribution in [0.15, 0.2) is 51.9 Å². The number of likely N-dealkylation sites (tertiary alicyclic amines) is 1. The number of carbonyl (C=O) groups excluding carboxylic acids is 1. The SMILES string of the molecule is Cc1ccc(-c2noc(C(=O)N3CCCC3)n2)cc1S(=O)(=O)Nc1ccc(Cl)cc1. The van der Waals surface area contributed by atoms with E-state index in [4.69, 9.17) is 16.1 Å². The van der Waals surface area contributed by atoms with Crippen LogP contribution in [0, 0.1) is 6.92 Å². The lowest BCUT2D eigenvalue weighted by molar-refractivity contribution is 0.0743. The fraction of sp³-hybridized carbons (Fsp3) is 0.250. The first-order valence-electron chi connectivity index (χ1n) is 9.36. The summed E-state index contributed by atoms with van der Waals surface area (Å²) in [7, 11) is -3.86. The molecule has 0 radical (unpaired) electrons. The Hall–Kier alpha value is -2.91. The smallest absolute Gasteiger partial charge is 0.316 e. The molecule has 1 N–H and O–H groups in total. The van der Waals surface area contributed by atoms with Crippen molar-refractivity contribution in [2.45, 2.75) is 24.7 Å². The lowest BCUT2D eigenvalue weighted by Gasteiger charge is -2.11. The average molecular weight is 447 g/mol. The molecule has 8 nitrogen and oxygen atoms in total. The Labute approximate surface area is 178 Å². The van der Waals surface area contributed by atoms with Crippen LogP contribution >= 0.6 is 11.6 Å². The van der Waals surface area contributed by atoms with Crippen LogP contribution in [-0.4, -0.2) is 42.5 Å². The highest BCUT2D eigenvalue weighted by Gasteiger charge is 2.26. The average Bonchev–Trinajstić information content (AvgIpc) is 3.42. The summed E-state index contributed by atoms with van der Waals surface area (Å²) in [5.74, 6) is -0.257. The molecule has 4 rings (SSSR count). The van der Waals surface area contributed by atoms with Gasteiger partial charge >= 0.3 is 11.8 Å². The molecule has 1 saturated heterocycles. The van der Waals surface area contributed by atoms with Crippen LogP contribution in [0.5, 0.6) is 0 Å². The van der Waals surface area contributed by atoms with E-state index in [-0.39, 0.29) is 22.5 Å². The summed E-state index contributed by atoms with van der Waals surface area (Å²) in [5, 5.41) is 4.37. The molecule has 1 amide bonds. The highest BCUT2D eigenvalue weighted by atomic mass is 35.5. The van der Waals surface area contributed by atoms with E-state index in [9.17, 15) is 13.2 Å².